The molecule has 0 spiro atoms. The third-order valence-electron chi connectivity index (χ3n) is 4.38. The van der Waals surface area contributed by atoms with Crippen LogP contribution in [0.1, 0.15) is 38.3 Å². The largest absolute Gasteiger partial charge is 0.454 e. The van der Waals surface area contributed by atoms with Gasteiger partial charge in [-0.1, -0.05) is 12.1 Å². The van der Waals surface area contributed by atoms with Gasteiger partial charge in [-0.2, -0.15) is 13.2 Å². The maximum Gasteiger partial charge on any atom is 0.411 e. The minimum Gasteiger partial charge on any atom is -0.454 e. The fourth-order valence-electron chi connectivity index (χ4n) is 2.88. The third kappa shape index (κ3) is 5.90. The summed E-state index contributed by atoms with van der Waals surface area (Å²) in [7, 11) is 0. The van der Waals surface area contributed by atoms with Crippen LogP contribution in [0.2, 0.25) is 0 Å². The average molecular weight is 421 g/mol. The van der Waals surface area contributed by atoms with Gasteiger partial charge in [0.05, 0.1) is 12.2 Å². The number of ketones is 1. The zero-order chi connectivity index (χ0) is 21.7. The molecule has 1 aliphatic heterocycles. The summed E-state index contributed by atoms with van der Waals surface area (Å²) >= 11 is 0. The lowest BCUT2D eigenvalue weighted by Gasteiger charge is -2.17. The van der Waals surface area contributed by atoms with Gasteiger partial charge in [-0.15, -0.1) is 0 Å². The van der Waals surface area contributed by atoms with Gasteiger partial charge in [0.2, 0.25) is 5.91 Å². The van der Waals surface area contributed by atoms with Crippen LogP contribution < -0.4 is 5.32 Å². The Kier molecular flexibility index (Phi) is 6.51. The Balaban J connectivity index is 1.51. The molecule has 1 amide bonds. The summed E-state index contributed by atoms with van der Waals surface area (Å²) in [5, 5.41) is 2.72. The summed E-state index contributed by atoms with van der Waals surface area (Å²) in [6, 6.07) is 10.5. The van der Waals surface area contributed by atoms with E-state index in [1.807, 2.05) is 0 Å². The minimum atomic E-state index is -4.40. The van der Waals surface area contributed by atoms with Crippen molar-refractivity contribution < 1.29 is 37.0 Å². The van der Waals surface area contributed by atoms with Crippen molar-refractivity contribution in [1.82, 2.24) is 0 Å². The fourth-order valence-corrected chi connectivity index (χ4v) is 2.88. The van der Waals surface area contributed by atoms with Crippen LogP contribution in [0.4, 0.5) is 18.9 Å². The molecule has 0 fully saturated rings. The predicted molar refractivity (Wildman–Crippen MR) is 100 cm³/mol. The number of rotatable bonds is 7. The van der Waals surface area contributed by atoms with E-state index in [4.69, 9.17) is 4.74 Å². The van der Waals surface area contributed by atoms with E-state index in [0.29, 0.717) is 29.7 Å². The van der Waals surface area contributed by atoms with Crippen molar-refractivity contribution in [2.24, 2.45) is 0 Å². The topological polar surface area (TPSA) is 81.7 Å². The Morgan fingerprint density at radius 3 is 2.40 bits per heavy atom. The number of ether oxygens (including phenoxy) is 2. The Morgan fingerprint density at radius 1 is 1.00 bits per heavy atom. The number of aryl methyl sites for hydroxylation is 1. The highest BCUT2D eigenvalue weighted by Crippen LogP contribution is 2.24. The highest BCUT2D eigenvalue weighted by atomic mass is 19.4. The van der Waals surface area contributed by atoms with Crippen LogP contribution in [0.3, 0.4) is 0 Å². The molecule has 2 aromatic rings. The van der Waals surface area contributed by atoms with E-state index in [2.05, 4.69) is 10.1 Å². The number of anilines is 1. The number of carbonyl (C=O) groups is 3. The van der Waals surface area contributed by atoms with Gasteiger partial charge in [0.1, 0.15) is 6.61 Å². The molecule has 0 radical (unpaired) electrons. The molecule has 0 saturated carbocycles. The van der Waals surface area contributed by atoms with E-state index >= 15 is 0 Å². The SMILES string of the molecule is O=C1CCc2cc(C(=O)COC(=O)c3ccc(COCC(F)(F)F)cc3)ccc2N1. The van der Waals surface area contributed by atoms with E-state index in [1.54, 1.807) is 18.2 Å². The van der Waals surface area contributed by atoms with Gasteiger partial charge in [-0.05, 0) is 47.9 Å². The van der Waals surface area contributed by atoms with Crippen LogP contribution in [-0.4, -0.2) is 37.0 Å². The second kappa shape index (κ2) is 9.08. The van der Waals surface area contributed by atoms with E-state index in [9.17, 15) is 27.6 Å². The number of hydrogen-bond acceptors (Lipinski definition) is 5. The van der Waals surface area contributed by atoms with Crippen LogP contribution in [-0.2, 0) is 27.3 Å². The molecule has 0 aliphatic carbocycles. The Bertz CT molecular complexity index is 954. The molecule has 0 saturated heterocycles. The van der Waals surface area contributed by atoms with E-state index < -0.39 is 25.4 Å². The maximum atomic E-state index is 12.3. The molecule has 9 heteroatoms. The number of carbonyl (C=O) groups excluding carboxylic acids is 3. The van der Waals surface area contributed by atoms with Crippen LogP contribution in [0.15, 0.2) is 42.5 Å². The number of esters is 1. The molecule has 0 bridgehead atoms. The summed E-state index contributed by atoms with van der Waals surface area (Å²) in [5.74, 6) is -1.19. The predicted octanol–water partition coefficient (Wildman–Crippen LogP) is 3.69. The van der Waals surface area contributed by atoms with Gasteiger partial charge in [0.25, 0.3) is 0 Å². The van der Waals surface area contributed by atoms with E-state index in [1.165, 1.54) is 24.3 Å². The van der Waals surface area contributed by atoms with Crippen molar-refractivity contribution in [2.75, 3.05) is 18.5 Å². The minimum absolute atomic E-state index is 0.0755. The van der Waals surface area contributed by atoms with E-state index in [0.717, 1.165) is 5.56 Å². The molecule has 0 aromatic heterocycles. The molecule has 1 N–H and O–H groups in total. The van der Waals surface area contributed by atoms with Gasteiger partial charge in [0, 0.05) is 17.7 Å². The quantitative estimate of drug-likeness (QED) is 0.545. The number of alkyl halides is 3. The van der Waals surface area contributed by atoms with Crippen LogP contribution in [0.25, 0.3) is 0 Å². The van der Waals surface area contributed by atoms with Gasteiger partial charge >= 0.3 is 12.1 Å². The summed E-state index contributed by atoms with van der Waals surface area (Å²) in [6.45, 7) is -2.06. The molecule has 2 aromatic carbocycles. The average Bonchev–Trinajstić information content (AvgIpc) is 2.71. The number of hydrogen-bond donors (Lipinski definition) is 1. The maximum absolute atomic E-state index is 12.3. The van der Waals surface area contributed by atoms with Crippen molar-refractivity contribution in [1.29, 1.82) is 0 Å². The monoisotopic (exact) mass is 421 g/mol. The van der Waals surface area contributed by atoms with Crippen molar-refractivity contribution in [2.45, 2.75) is 25.6 Å². The van der Waals surface area contributed by atoms with Crippen LogP contribution >= 0.6 is 0 Å². The molecular weight excluding hydrogens is 403 g/mol. The normalized spacial score (nSPS) is 13.4. The van der Waals surface area contributed by atoms with Crippen molar-refractivity contribution in [3.63, 3.8) is 0 Å². The third-order valence-corrected chi connectivity index (χ3v) is 4.38. The lowest BCUT2D eigenvalue weighted by atomic mass is 9.99. The zero-order valence-corrected chi connectivity index (χ0v) is 15.8. The number of benzene rings is 2. The Labute approximate surface area is 170 Å². The number of fused-ring (bicyclic) bond motifs is 1. The number of Topliss-reactive ketones (excluding diaryl/α,β-unsaturated/α-hetero) is 1. The molecule has 1 aliphatic rings. The van der Waals surface area contributed by atoms with Gasteiger partial charge in [-0.25, -0.2) is 4.79 Å². The number of amides is 1. The first kappa shape index (κ1) is 21.5. The van der Waals surface area contributed by atoms with Gasteiger partial charge in [-0.3, -0.25) is 9.59 Å². The molecule has 6 nitrogen and oxygen atoms in total. The molecular formula is C21H18F3NO5. The molecule has 158 valence electrons. The lowest BCUT2D eigenvalue weighted by Crippen LogP contribution is -2.20. The smallest absolute Gasteiger partial charge is 0.411 e. The first-order valence-electron chi connectivity index (χ1n) is 9.08. The molecule has 1 heterocycles. The first-order chi connectivity index (χ1) is 14.2. The molecule has 30 heavy (non-hydrogen) atoms. The van der Waals surface area contributed by atoms with Crippen LogP contribution in [0, 0.1) is 0 Å². The summed E-state index contributed by atoms with van der Waals surface area (Å²) in [5.41, 5.74) is 2.51. The standard InChI is InChI=1S/C21H18F3NO5/c22-21(23,24)12-29-10-13-1-3-14(4-2-13)20(28)30-11-18(26)16-5-7-17-15(9-16)6-8-19(27)25-17/h1-5,7,9H,6,8,10-12H2,(H,25,27). The summed E-state index contributed by atoms with van der Waals surface area (Å²) < 4.78 is 45.8. The summed E-state index contributed by atoms with van der Waals surface area (Å²) in [6.07, 6.45) is -3.53. The fraction of sp³-hybridized carbons (Fsp3) is 0.286. The Hall–Kier alpha value is -3.20. The summed E-state index contributed by atoms with van der Waals surface area (Å²) in [4.78, 5) is 35.8. The number of halogens is 3. The molecule has 3 rings (SSSR count). The van der Waals surface area contributed by atoms with Crippen LogP contribution in [0.5, 0.6) is 0 Å². The highest BCUT2D eigenvalue weighted by molar-refractivity contribution is 6.01. The second-order valence-electron chi connectivity index (χ2n) is 6.72. The molecule has 0 unspecified atom stereocenters. The number of nitrogens with one attached hydrogen (secondary N) is 1. The van der Waals surface area contributed by atoms with Gasteiger partial charge < -0.3 is 14.8 Å². The first-order valence-corrected chi connectivity index (χ1v) is 9.08. The van der Waals surface area contributed by atoms with E-state index in [-0.39, 0.29) is 23.9 Å². The lowest BCUT2D eigenvalue weighted by molar-refractivity contribution is -0.176. The van der Waals surface area contributed by atoms with Crippen molar-refractivity contribution >= 4 is 23.3 Å². The zero-order valence-electron chi connectivity index (χ0n) is 15.8. The highest BCUT2D eigenvalue weighted by Gasteiger charge is 2.27. The van der Waals surface area contributed by atoms with Gasteiger partial charge in [0.15, 0.2) is 12.4 Å². The van der Waals surface area contributed by atoms with Crippen molar-refractivity contribution in [3.8, 4) is 0 Å². The molecule has 0 atom stereocenters. The second-order valence-corrected chi connectivity index (χ2v) is 6.72. The van der Waals surface area contributed by atoms with Crippen molar-refractivity contribution in [3.05, 3.63) is 64.7 Å². The Morgan fingerprint density at radius 2 is 1.70 bits per heavy atom.